The van der Waals surface area contributed by atoms with Crippen molar-refractivity contribution >= 4 is 27.0 Å². The van der Waals surface area contributed by atoms with Crippen molar-refractivity contribution in [1.29, 1.82) is 0 Å². The Morgan fingerprint density at radius 2 is 2.00 bits per heavy atom. The Hall–Kier alpha value is -0.900. The van der Waals surface area contributed by atoms with Crippen LogP contribution in [0.3, 0.4) is 0 Å². The van der Waals surface area contributed by atoms with E-state index < -0.39 is 0 Å². The Bertz CT molecular complexity index is 541. The molecule has 0 bridgehead atoms. The van der Waals surface area contributed by atoms with Gasteiger partial charge in [0.1, 0.15) is 11.5 Å². The fourth-order valence-corrected chi connectivity index (χ4v) is 3.32. The lowest BCUT2D eigenvalue weighted by Crippen LogP contribution is -2.09. The fourth-order valence-electron chi connectivity index (χ4n) is 2.73. The maximum atomic E-state index is 4.70. The van der Waals surface area contributed by atoms with Crippen LogP contribution in [0.25, 0.3) is 11.0 Å². The maximum Gasteiger partial charge on any atom is 0.142 e. The van der Waals surface area contributed by atoms with E-state index in [9.17, 15) is 0 Å². The minimum Gasteiger partial charge on any atom is -0.345 e. The van der Waals surface area contributed by atoms with Gasteiger partial charge in [0.25, 0.3) is 0 Å². The Morgan fingerprint density at radius 3 is 2.76 bits per heavy atom. The molecule has 0 aliphatic heterocycles. The molecule has 4 heteroatoms. The Labute approximate surface area is 109 Å². The van der Waals surface area contributed by atoms with Crippen LogP contribution in [0.4, 0.5) is 0 Å². The standard InChI is InChI=1S/C13H16BrN3/c1-8-11-10(14)7-15-13(11)17-12(16-8)9-5-3-2-4-6-9/h7,9H,2-6H2,1H3,(H,15,16,17). The molecular weight excluding hydrogens is 278 g/mol. The molecule has 90 valence electrons. The molecule has 0 atom stereocenters. The van der Waals surface area contributed by atoms with Crippen LogP contribution in [0.15, 0.2) is 10.7 Å². The average molecular weight is 294 g/mol. The van der Waals surface area contributed by atoms with Gasteiger partial charge in [0.2, 0.25) is 0 Å². The summed E-state index contributed by atoms with van der Waals surface area (Å²) in [6.45, 7) is 2.06. The summed E-state index contributed by atoms with van der Waals surface area (Å²) < 4.78 is 1.06. The normalized spacial score (nSPS) is 17.8. The van der Waals surface area contributed by atoms with E-state index in [1.165, 1.54) is 32.1 Å². The number of H-pyrrole nitrogens is 1. The highest BCUT2D eigenvalue weighted by Gasteiger charge is 2.20. The highest BCUT2D eigenvalue weighted by molar-refractivity contribution is 9.10. The Kier molecular flexibility index (Phi) is 2.90. The summed E-state index contributed by atoms with van der Waals surface area (Å²) in [5.74, 6) is 1.60. The van der Waals surface area contributed by atoms with Crippen LogP contribution >= 0.6 is 15.9 Å². The predicted molar refractivity (Wildman–Crippen MR) is 72.2 cm³/mol. The third-order valence-electron chi connectivity index (χ3n) is 3.65. The molecule has 1 saturated carbocycles. The zero-order valence-electron chi connectivity index (χ0n) is 9.96. The molecule has 1 N–H and O–H groups in total. The number of nitrogens with one attached hydrogen (secondary N) is 1. The van der Waals surface area contributed by atoms with Gasteiger partial charge in [0.05, 0.1) is 11.1 Å². The second kappa shape index (κ2) is 4.41. The van der Waals surface area contributed by atoms with Crippen molar-refractivity contribution in [2.45, 2.75) is 44.9 Å². The van der Waals surface area contributed by atoms with E-state index in [0.717, 1.165) is 27.0 Å². The Balaban J connectivity index is 2.05. The molecule has 0 spiro atoms. The van der Waals surface area contributed by atoms with E-state index in [4.69, 9.17) is 4.98 Å². The van der Waals surface area contributed by atoms with E-state index in [0.29, 0.717) is 5.92 Å². The maximum absolute atomic E-state index is 4.70. The van der Waals surface area contributed by atoms with Crippen molar-refractivity contribution in [3.63, 3.8) is 0 Å². The van der Waals surface area contributed by atoms with Gasteiger partial charge in [0, 0.05) is 16.6 Å². The third kappa shape index (κ3) is 1.99. The molecule has 1 aliphatic rings. The third-order valence-corrected chi connectivity index (χ3v) is 4.28. The number of aromatic amines is 1. The lowest BCUT2D eigenvalue weighted by atomic mass is 9.88. The number of nitrogens with zero attached hydrogens (tertiary/aromatic N) is 2. The van der Waals surface area contributed by atoms with Crippen LogP contribution in [-0.2, 0) is 0 Å². The van der Waals surface area contributed by atoms with Crippen molar-refractivity contribution in [3.05, 3.63) is 22.2 Å². The molecule has 0 aromatic carbocycles. The SMILES string of the molecule is Cc1nc(C2CCCCC2)nc2[nH]cc(Br)c12. The minimum atomic E-state index is 0.564. The number of aryl methyl sites for hydroxylation is 1. The molecule has 3 nitrogen and oxygen atoms in total. The summed E-state index contributed by atoms with van der Waals surface area (Å²) in [6.07, 6.45) is 8.43. The number of hydrogen-bond acceptors (Lipinski definition) is 2. The Morgan fingerprint density at radius 1 is 1.24 bits per heavy atom. The quantitative estimate of drug-likeness (QED) is 0.861. The summed E-state index contributed by atoms with van der Waals surface area (Å²) in [5.41, 5.74) is 2.04. The molecule has 0 radical (unpaired) electrons. The summed E-state index contributed by atoms with van der Waals surface area (Å²) in [7, 11) is 0. The van der Waals surface area contributed by atoms with Gasteiger partial charge in [-0.25, -0.2) is 9.97 Å². The van der Waals surface area contributed by atoms with E-state index in [1.54, 1.807) is 0 Å². The smallest absolute Gasteiger partial charge is 0.142 e. The number of halogens is 1. The molecule has 0 unspecified atom stereocenters. The summed E-state index contributed by atoms with van der Waals surface area (Å²) in [4.78, 5) is 12.6. The van der Waals surface area contributed by atoms with Gasteiger partial charge >= 0.3 is 0 Å². The van der Waals surface area contributed by atoms with Crippen LogP contribution in [-0.4, -0.2) is 15.0 Å². The van der Waals surface area contributed by atoms with Crippen molar-refractivity contribution in [2.24, 2.45) is 0 Å². The molecule has 2 aromatic rings. The zero-order chi connectivity index (χ0) is 11.8. The van der Waals surface area contributed by atoms with Crippen LogP contribution in [0.1, 0.15) is 49.5 Å². The lowest BCUT2D eigenvalue weighted by molar-refractivity contribution is 0.429. The first-order valence-corrected chi connectivity index (χ1v) is 7.06. The van der Waals surface area contributed by atoms with Crippen LogP contribution in [0, 0.1) is 6.92 Å². The van der Waals surface area contributed by atoms with Crippen molar-refractivity contribution in [1.82, 2.24) is 15.0 Å². The summed E-state index contributed by atoms with van der Waals surface area (Å²) >= 11 is 3.53. The van der Waals surface area contributed by atoms with Crippen molar-refractivity contribution in [2.75, 3.05) is 0 Å². The van der Waals surface area contributed by atoms with Gasteiger partial charge < -0.3 is 4.98 Å². The predicted octanol–water partition coefficient (Wildman–Crippen LogP) is 4.08. The molecule has 17 heavy (non-hydrogen) atoms. The van der Waals surface area contributed by atoms with E-state index in [2.05, 4.69) is 32.8 Å². The highest BCUT2D eigenvalue weighted by atomic mass is 79.9. The number of hydrogen-bond donors (Lipinski definition) is 1. The van der Waals surface area contributed by atoms with Gasteiger partial charge in [0.15, 0.2) is 0 Å². The van der Waals surface area contributed by atoms with E-state index in [1.807, 2.05) is 6.20 Å². The van der Waals surface area contributed by atoms with Crippen molar-refractivity contribution in [3.8, 4) is 0 Å². The average Bonchev–Trinajstić information content (AvgIpc) is 2.73. The number of rotatable bonds is 1. The fraction of sp³-hybridized carbons (Fsp3) is 0.538. The van der Waals surface area contributed by atoms with Crippen molar-refractivity contribution < 1.29 is 0 Å². The molecular formula is C13H16BrN3. The molecule has 1 fully saturated rings. The second-order valence-corrected chi connectivity index (χ2v) is 5.72. The molecule has 2 aromatic heterocycles. The van der Waals surface area contributed by atoms with Gasteiger partial charge in [-0.3, -0.25) is 0 Å². The summed E-state index contributed by atoms with van der Waals surface area (Å²) in [6, 6.07) is 0. The second-order valence-electron chi connectivity index (χ2n) is 4.86. The minimum absolute atomic E-state index is 0.564. The molecule has 2 heterocycles. The number of aromatic nitrogens is 3. The van der Waals surface area contributed by atoms with E-state index in [-0.39, 0.29) is 0 Å². The molecule has 1 aliphatic carbocycles. The van der Waals surface area contributed by atoms with Gasteiger partial charge in [-0.15, -0.1) is 0 Å². The molecule has 0 saturated heterocycles. The first kappa shape index (κ1) is 11.2. The molecule has 3 rings (SSSR count). The summed E-state index contributed by atoms with van der Waals surface area (Å²) in [5, 5.41) is 1.12. The van der Waals surface area contributed by atoms with Gasteiger partial charge in [-0.1, -0.05) is 19.3 Å². The van der Waals surface area contributed by atoms with Crippen LogP contribution in [0.5, 0.6) is 0 Å². The van der Waals surface area contributed by atoms with E-state index >= 15 is 0 Å². The van der Waals surface area contributed by atoms with Gasteiger partial charge in [-0.2, -0.15) is 0 Å². The monoisotopic (exact) mass is 293 g/mol. The first-order chi connectivity index (χ1) is 8.25. The highest BCUT2D eigenvalue weighted by Crippen LogP contribution is 2.32. The largest absolute Gasteiger partial charge is 0.345 e. The van der Waals surface area contributed by atoms with Crippen LogP contribution in [0.2, 0.25) is 0 Å². The molecule has 0 amide bonds. The lowest BCUT2D eigenvalue weighted by Gasteiger charge is -2.20. The number of fused-ring (bicyclic) bond motifs is 1. The van der Waals surface area contributed by atoms with Gasteiger partial charge in [-0.05, 0) is 35.7 Å². The zero-order valence-corrected chi connectivity index (χ0v) is 11.5. The first-order valence-electron chi connectivity index (χ1n) is 6.27. The van der Waals surface area contributed by atoms with Crippen LogP contribution < -0.4 is 0 Å². The topological polar surface area (TPSA) is 41.6 Å².